The summed E-state index contributed by atoms with van der Waals surface area (Å²) in [5.41, 5.74) is 3.73. The van der Waals surface area contributed by atoms with Gasteiger partial charge in [-0.25, -0.2) is 0 Å². The topological polar surface area (TPSA) is 76.7 Å². The Hall–Kier alpha value is -2.90. The van der Waals surface area contributed by atoms with Crippen molar-refractivity contribution >= 4 is 46.8 Å². The van der Waals surface area contributed by atoms with Crippen molar-refractivity contribution in [2.75, 3.05) is 7.11 Å². The second-order valence-corrected chi connectivity index (χ2v) is 7.43. The number of benzene rings is 2. The van der Waals surface area contributed by atoms with Crippen LogP contribution in [0.3, 0.4) is 0 Å². The van der Waals surface area contributed by atoms with Crippen molar-refractivity contribution in [2.24, 2.45) is 0 Å². The quantitative estimate of drug-likeness (QED) is 0.431. The Labute approximate surface area is 178 Å². The number of halogens is 1. The maximum atomic E-state index is 12.0. The van der Waals surface area contributed by atoms with E-state index in [9.17, 15) is 9.59 Å². The summed E-state index contributed by atoms with van der Waals surface area (Å²) in [7, 11) is 1.49. The molecule has 0 atom stereocenters. The van der Waals surface area contributed by atoms with Crippen LogP contribution in [0.5, 0.6) is 11.5 Å². The molecule has 150 valence electrons. The molecule has 2 aromatic carbocycles. The van der Waals surface area contributed by atoms with Gasteiger partial charge in [0.15, 0.2) is 16.6 Å². The van der Waals surface area contributed by atoms with E-state index < -0.39 is 11.8 Å². The molecule has 29 heavy (non-hydrogen) atoms. The normalized spacial score (nSPS) is 13.7. The summed E-state index contributed by atoms with van der Waals surface area (Å²) in [6.07, 6.45) is 1.41. The van der Waals surface area contributed by atoms with E-state index in [0.29, 0.717) is 28.7 Å². The largest absolute Gasteiger partial charge is 0.493 e. The lowest BCUT2D eigenvalue weighted by atomic mass is 10.1. The fraction of sp³-hybridized carbons (Fsp3) is 0.190. The van der Waals surface area contributed by atoms with Gasteiger partial charge in [-0.05, 0) is 55.4 Å². The van der Waals surface area contributed by atoms with Gasteiger partial charge in [0.1, 0.15) is 12.2 Å². The van der Waals surface area contributed by atoms with Gasteiger partial charge in [0.25, 0.3) is 11.8 Å². The van der Waals surface area contributed by atoms with E-state index >= 15 is 0 Å². The van der Waals surface area contributed by atoms with E-state index in [4.69, 9.17) is 33.3 Å². The van der Waals surface area contributed by atoms with Gasteiger partial charge in [-0.15, -0.1) is 0 Å². The Morgan fingerprint density at radius 2 is 1.66 bits per heavy atom. The summed E-state index contributed by atoms with van der Waals surface area (Å²) in [6, 6.07) is 9.40. The summed E-state index contributed by atoms with van der Waals surface area (Å²) in [5, 5.41) is 5.04. The molecule has 1 saturated heterocycles. The van der Waals surface area contributed by atoms with Gasteiger partial charge < -0.3 is 9.47 Å². The lowest BCUT2D eigenvalue weighted by Crippen LogP contribution is -2.51. The third-order valence-corrected chi connectivity index (χ3v) is 4.66. The Kier molecular flexibility index (Phi) is 6.20. The first kappa shape index (κ1) is 20.8. The highest BCUT2D eigenvalue weighted by Gasteiger charge is 2.26. The van der Waals surface area contributed by atoms with Crippen LogP contribution in [0, 0.1) is 13.8 Å². The van der Waals surface area contributed by atoms with Gasteiger partial charge in [-0.1, -0.05) is 40.9 Å². The smallest absolute Gasteiger partial charge is 0.263 e. The summed E-state index contributed by atoms with van der Waals surface area (Å²) in [4.78, 5) is 24.0. The maximum absolute atomic E-state index is 12.0. The molecule has 0 bridgehead atoms. The molecule has 1 aliphatic rings. The SMILES string of the molecule is COc1cc(C=C2C(=O)NC(=S)NC2=O)cc(Cl)c1OCc1cc(C)cc(C)c1. The van der Waals surface area contributed by atoms with Crippen LogP contribution in [0.15, 0.2) is 35.9 Å². The summed E-state index contributed by atoms with van der Waals surface area (Å²) in [5.74, 6) is -0.386. The van der Waals surface area contributed by atoms with Crippen molar-refractivity contribution in [3.8, 4) is 11.5 Å². The number of aryl methyl sites for hydroxylation is 2. The molecule has 0 radical (unpaired) electrons. The van der Waals surface area contributed by atoms with Crippen LogP contribution in [0.2, 0.25) is 5.02 Å². The van der Waals surface area contributed by atoms with E-state index in [0.717, 1.165) is 16.7 Å². The maximum Gasteiger partial charge on any atom is 0.263 e. The lowest BCUT2D eigenvalue weighted by molar-refractivity contribution is -0.123. The number of hydrogen-bond acceptors (Lipinski definition) is 5. The lowest BCUT2D eigenvalue weighted by Gasteiger charge is -2.17. The molecule has 2 aromatic rings. The Balaban J connectivity index is 1.87. The van der Waals surface area contributed by atoms with Crippen molar-refractivity contribution in [2.45, 2.75) is 20.5 Å². The van der Waals surface area contributed by atoms with Gasteiger partial charge in [0.05, 0.1) is 12.1 Å². The Morgan fingerprint density at radius 1 is 1.03 bits per heavy atom. The number of amides is 2. The number of ether oxygens (including phenoxy) is 2. The summed E-state index contributed by atoms with van der Waals surface area (Å²) < 4.78 is 11.3. The van der Waals surface area contributed by atoms with Crippen LogP contribution in [-0.2, 0) is 16.2 Å². The second-order valence-electron chi connectivity index (χ2n) is 6.61. The van der Waals surface area contributed by atoms with Gasteiger partial charge in [-0.3, -0.25) is 20.2 Å². The zero-order valence-corrected chi connectivity index (χ0v) is 17.7. The highest BCUT2D eigenvalue weighted by atomic mass is 35.5. The number of thiocarbonyl (C=S) groups is 1. The number of hydrogen-bond donors (Lipinski definition) is 2. The molecule has 0 spiro atoms. The molecule has 2 amide bonds. The molecule has 1 fully saturated rings. The molecule has 1 aliphatic heterocycles. The molecule has 3 rings (SSSR count). The number of carbonyl (C=O) groups is 2. The van der Waals surface area contributed by atoms with Gasteiger partial charge in [-0.2, -0.15) is 0 Å². The van der Waals surface area contributed by atoms with E-state index in [1.54, 1.807) is 12.1 Å². The van der Waals surface area contributed by atoms with Crippen molar-refractivity contribution in [1.82, 2.24) is 10.6 Å². The molecule has 0 aliphatic carbocycles. The second kappa shape index (κ2) is 8.63. The number of nitrogens with one attached hydrogen (secondary N) is 2. The number of carbonyl (C=O) groups excluding carboxylic acids is 2. The molecule has 2 N–H and O–H groups in total. The zero-order chi connectivity index (χ0) is 21.1. The first-order chi connectivity index (χ1) is 13.8. The van der Waals surface area contributed by atoms with E-state index in [2.05, 4.69) is 16.7 Å². The van der Waals surface area contributed by atoms with Crippen molar-refractivity contribution < 1.29 is 19.1 Å². The van der Waals surface area contributed by atoms with Crippen LogP contribution in [0.25, 0.3) is 6.08 Å². The minimum absolute atomic E-state index is 0.0251. The van der Waals surface area contributed by atoms with Crippen molar-refractivity contribution in [1.29, 1.82) is 0 Å². The minimum atomic E-state index is -0.580. The van der Waals surface area contributed by atoms with Crippen LogP contribution in [0.1, 0.15) is 22.3 Å². The third kappa shape index (κ3) is 4.93. The van der Waals surface area contributed by atoms with Gasteiger partial charge in [0.2, 0.25) is 0 Å². The predicted molar refractivity (Wildman–Crippen MR) is 115 cm³/mol. The highest BCUT2D eigenvalue weighted by molar-refractivity contribution is 7.80. The third-order valence-electron chi connectivity index (χ3n) is 4.17. The first-order valence-corrected chi connectivity index (χ1v) is 9.51. The van der Waals surface area contributed by atoms with Crippen LogP contribution in [-0.4, -0.2) is 24.0 Å². The number of methoxy groups -OCH3 is 1. The standard InChI is InChI=1S/C21H19ClN2O4S/c1-11-4-12(2)6-14(5-11)10-28-18-16(22)8-13(9-17(18)27-3)7-15-19(25)23-21(29)24-20(15)26/h4-9H,10H2,1-3H3,(H2,23,24,25,26,29). The zero-order valence-electron chi connectivity index (χ0n) is 16.1. The molecule has 1 heterocycles. The Bertz CT molecular complexity index is 1010. The van der Waals surface area contributed by atoms with Crippen molar-refractivity contribution in [3.63, 3.8) is 0 Å². The van der Waals surface area contributed by atoms with E-state index in [1.807, 2.05) is 26.0 Å². The highest BCUT2D eigenvalue weighted by Crippen LogP contribution is 2.37. The van der Waals surface area contributed by atoms with E-state index in [-0.39, 0.29) is 10.7 Å². The van der Waals surface area contributed by atoms with E-state index in [1.165, 1.54) is 13.2 Å². The number of rotatable bonds is 5. The van der Waals surface area contributed by atoms with Crippen LogP contribution >= 0.6 is 23.8 Å². The predicted octanol–water partition coefficient (Wildman–Crippen LogP) is 3.46. The van der Waals surface area contributed by atoms with Crippen LogP contribution < -0.4 is 20.1 Å². The molecule has 0 unspecified atom stereocenters. The van der Waals surface area contributed by atoms with Gasteiger partial charge >= 0.3 is 0 Å². The molecule has 0 saturated carbocycles. The van der Waals surface area contributed by atoms with Gasteiger partial charge in [0, 0.05) is 0 Å². The Morgan fingerprint density at radius 3 is 2.24 bits per heavy atom. The fourth-order valence-corrected chi connectivity index (χ4v) is 3.50. The minimum Gasteiger partial charge on any atom is -0.493 e. The van der Waals surface area contributed by atoms with Crippen molar-refractivity contribution in [3.05, 3.63) is 63.2 Å². The van der Waals surface area contributed by atoms with Crippen LogP contribution in [0.4, 0.5) is 0 Å². The monoisotopic (exact) mass is 430 g/mol. The summed E-state index contributed by atoms with van der Waals surface area (Å²) >= 11 is 11.2. The molecule has 0 aromatic heterocycles. The average molecular weight is 431 g/mol. The molecule has 6 nitrogen and oxygen atoms in total. The fourth-order valence-electron chi connectivity index (χ4n) is 3.04. The first-order valence-electron chi connectivity index (χ1n) is 8.72. The summed E-state index contributed by atoms with van der Waals surface area (Å²) in [6.45, 7) is 4.37. The molecular formula is C21H19ClN2O4S. The molecular weight excluding hydrogens is 412 g/mol. The molecule has 8 heteroatoms. The average Bonchev–Trinajstić information content (AvgIpc) is 2.62.